The summed E-state index contributed by atoms with van der Waals surface area (Å²) in [6, 6.07) is 0. The summed E-state index contributed by atoms with van der Waals surface area (Å²) in [5.74, 6) is 0. The van der Waals surface area contributed by atoms with E-state index in [0.717, 1.165) is 0 Å². The second-order valence-corrected chi connectivity index (χ2v) is 2.31. The summed E-state index contributed by atoms with van der Waals surface area (Å²) in [7, 11) is 0. The Balaban J connectivity index is 3.75. The molecule has 2 unspecified atom stereocenters. The number of hydrogen-bond donors (Lipinski definition) is 1. The highest BCUT2D eigenvalue weighted by Gasteiger charge is 2.15. The van der Waals surface area contributed by atoms with E-state index >= 15 is 0 Å². The lowest BCUT2D eigenvalue weighted by atomic mass is 10.2. The Hall–Kier alpha value is -0.740. The Labute approximate surface area is 65.2 Å². The Morgan fingerprint density at radius 1 is 1.27 bits per heavy atom. The Kier molecular flexibility index (Phi) is 4.65. The predicted octanol–water partition coefficient (Wildman–Crippen LogP) is -0.461. The number of aldehydes is 2. The minimum atomic E-state index is -1.16. The lowest BCUT2D eigenvalue weighted by Gasteiger charge is -2.16. The molecule has 1 N–H and O–H groups in total. The van der Waals surface area contributed by atoms with Gasteiger partial charge < -0.3 is 19.4 Å². The summed E-state index contributed by atoms with van der Waals surface area (Å²) < 4.78 is 4.90. The first-order chi connectivity index (χ1) is 5.11. The van der Waals surface area contributed by atoms with Crippen LogP contribution in [-0.4, -0.2) is 36.0 Å². The zero-order chi connectivity index (χ0) is 8.85. The molecule has 0 aliphatic rings. The van der Waals surface area contributed by atoms with Crippen molar-refractivity contribution in [3.05, 3.63) is 0 Å². The molecule has 4 heteroatoms. The van der Waals surface area contributed by atoms with Crippen molar-refractivity contribution in [1.82, 2.24) is 0 Å². The van der Waals surface area contributed by atoms with Gasteiger partial charge in [-0.2, -0.15) is 0 Å². The zero-order valence-corrected chi connectivity index (χ0v) is 6.56. The summed E-state index contributed by atoms with van der Waals surface area (Å²) in [6.45, 7) is 3.07. The van der Waals surface area contributed by atoms with E-state index in [9.17, 15) is 9.59 Å². The Morgan fingerprint density at radius 3 is 2.18 bits per heavy atom. The van der Waals surface area contributed by atoms with Gasteiger partial charge >= 0.3 is 0 Å². The minimum absolute atomic E-state index is 0.377. The summed E-state index contributed by atoms with van der Waals surface area (Å²) in [4.78, 5) is 20.1. The van der Waals surface area contributed by atoms with Gasteiger partial charge in [0, 0.05) is 0 Å². The molecule has 0 fully saturated rings. The number of hydrogen-bond acceptors (Lipinski definition) is 4. The van der Waals surface area contributed by atoms with Crippen LogP contribution < -0.4 is 0 Å². The summed E-state index contributed by atoms with van der Waals surface area (Å²) >= 11 is 0. The molecule has 0 aromatic heterocycles. The molecular weight excluding hydrogens is 148 g/mol. The van der Waals surface area contributed by atoms with Crippen molar-refractivity contribution in [3.63, 3.8) is 0 Å². The third-order valence-corrected chi connectivity index (χ3v) is 1.24. The molecular formula is C7H12O4. The van der Waals surface area contributed by atoms with E-state index in [0.29, 0.717) is 12.6 Å². The van der Waals surface area contributed by atoms with E-state index in [-0.39, 0.29) is 0 Å². The van der Waals surface area contributed by atoms with Crippen molar-refractivity contribution in [2.75, 3.05) is 0 Å². The van der Waals surface area contributed by atoms with Crippen molar-refractivity contribution in [2.24, 2.45) is 0 Å². The number of aliphatic hydroxyl groups excluding tert-OH is 1. The highest BCUT2D eigenvalue weighted by atomic mass is 16.5. The quantitative estimate of drug-likeness (QED) is 0.553. The van der Waals surface area contributed by atoms with E-state index in [4.69, 9.17) is 9.84 Å². The summed E-state index contributed by atoms with van der Waals surface area (Å²) in [5, 5.41) is 8.86. The molecule has 0 heterocycles. The largest absolute Gasteiger partial charge is 0.383 e. The topological polar surface area (TPSA) is 63.6 Å². The fourth-order valence-electron chi connectivity index (χ4n) is 0.562. The Bertz CT molecular complexity index is 134. The second-order valence-electron chi connectivity index (χ2n) is 2.31. The van der Waals surface area contributed by atoms with Gasteiger partial charge in [-0.3, -0.25) is 0 Å². The van der Waals surface area contributed by atoms with Crippen LogP contribution >= 0.6 is 0 Å². The zero-order valence-electron chi connectivity index (χ0n) is 6.56. The van der Waals surface area contributed by atoms with Gasteiger partial charge in [0.1, 0.15) is 18.5 Å². The van der Waals surface area contributed by atoms with Crippen LogP contribution in [-0.2, 0) is 14.3 Å². The van der Waals surface area contributed by atoms with Gasteiger partial charge in [-0.15, -0.1) is 0 Å². The third-order valence-electron chi connectivity index (χ3n) is 1.24. The fourth-order valence-corrected chi connectivity index (χ4v) is 0.562. The number of rotatable bonds is 5. The first-order valence-electron chi connectivity index (χ1n) is 3.36. The predicted molar refractivity (Wildman–Crippen MR) is 38.1 cm³/mol. The van der Waals surface area contributed by atoms with Crippen LogP contribution in [0.3, 0.4) is 0 Å². The van der Waals surface area contributed by atoms with Crippen LogP contribution in [0.1, 0.15) is 13.8 Å². The highest BCUT2D eigenvalue weighted by molar-refractivity contribution is 5.57. The van der Waals surface area contributed by atoms with Gasteiger partial charge in [-0.25, -0.2) is 0 Å². The van der Waals surface area contributed by atoms with Gasteiger partial charge in [0.25, 0.3) is 0 Å². The Morgan fingerprint density at radius 2 is 1.82 bits per heavy atom. The van der Waals surface area contributed by atoms with Crippen molar-refractivity contribution in [2.45, 2.75) is 32.2 Å². The van der Waals surface area contributed by atoms with Crippen LogP contribution in [0.2, 0.25) is 0 Å². The molecule has 0 rings (SSSR count). The van der Waals surface area contributed by atoms with E-state index < -0.39 is 18.3 Å². The van der Waals surface area contributed by atoms with Crippen LogP contribution in [0.15, 0.2) is 0 Å². The van der Waals surface area contributed by atoms with Crippen molar-refractivity contribution in [1.29, 1.82) is 0 Å². The molecule has 0 aromatic rings. The molecule has 64 valence electrons. The van der Waals surface area contributed by atoms with Crippen LogP contribution in [0.25, 0.3) is 0 Å². The maximum atomic E-state index is 10.1. The van der Waals surface area contributed by atoms with Crippen LogP contribution in [0.5, 0.6) is 0 Å². The maximum Gasteiger partial charge on any atom is 0.151 e. The molecule has 0 amide bonds. The van der Waals surface area contributed by atoms with Crippen molar-refractivity contribution in [3.8, 4) is 0 Å². The first-order valence-corrected chi connectivity index (χ1v) is 3.36. The number of aliphatic hydroxyl groups is 1. The molecule has 0 saturated heterocycles. The maximum absolute atomic E-state index is 10.1. The fraction of sp³-hybridized carbons (Fsp3) is 0.714. The molecule has 0 radical (unpaired) electrons. The molecule has 4 nitrogen and oxygen atoms in total. The second kappa shape index (κ2) is 4.98. The molecule has 0 aromatic carbocycles. The standard InChI is InChI=1S/C7H12O4/c1-5(3-8)11-6(2)7(10)4-9/h3-7,10H,1-2H3/t5-,6?,7?/m0/s1. The average Bonchev–Trinajstić information content (AvgIpc) is 2.02. The van der Waals surface area contributed by atoms with E-state index in [1.54, 1.807) is 6.92 Å². The van der Waals surface area contributed by atoms with Gasteiger partial charge in [0.2, 0.25) is 0 Å². The van der Waals surface area contributed by atoms with Gasteiger partial charge in [-0.05, 0) is 13.8 Å². The van der Waals surface area contributed by atoms with E-state index in [2.05, 4.69) is 0 Å². The summed E-state index contributed by atoms with van der Waals surface area (Å²) in [5.41, 5.74) is 0. The molecule has 0 spiro atoms. The third kappa shape index (κ3) is 3.85. The number of carbonyl (C=O) groups is 2. The van der Waals surface area contributed by atoms with Gasteiger partial charge in [0.05, 0.1) is 6.10 Å². The SMILES string of the molecule is CC(O[C@@H](C)C=O)C(O)C=O. The van der Waals surface area contributed by atoms with Crippen LogP contribution in [0.4, 0.5) is 0 Å². The van der Waals surface area contributed by atoms with E-state index in [1.165, 1.54) is 6.92 Å². The minimum Gasteiger partial charge on any atom is -0.383 e. The van der Waals surface area contributed by atoms with Gasteiger partial charge in [0.15, 0.2) is 6.29 Å². The number of carbonyl (C=O) groups excluding carboxylic acids is 2. The van der Waals surface area contributed by atoms with Gasteiger partial charge in [-0.1, -0.05) is 0 Å². The molecule has 0 bridgehead atoms. The van der Waals surface area contributed by atoms with E-state index in [1.807, 2.05) is 0 Å². The lowest BCUT2D eigenvalue weighted by molar-refractivity contribution is -0.132. The first kappa shape index (κ1) is 10.3. The lowest BCUT2D eigenvalue weighted by Crippen LogP contribution is -2.30. The smallest absolute Gasteiger partial charge is 0.151 e. The highest BCUT2D eigenvalue weighted by Crippen LogP contribution is 1.99. The average molecular weight is 160 g/mol. The monoisotopic (exact) mass is 160 g/mol. The normalized spacial score (nSPS) is 18.5. The van der Waals surface area contributed by atoms with Crippen LogP contribution in [0, 0.1) is 0 Å². The molecule has 0 saturated carbocycles. The number of ether oxygens (including phenoxy) is 1. The van der Waals surface area contributed by atoms with Crippen molar-refractivity contribution >= 4 is 12.6 Å². The molecule has 0 aliphatic carbocycles. The molecule has 11 heavy (non-hydrogen) atoms. The molecule has 0 aliphatic heterocycles. The van der Waals surface area contributed by atoms with Crippen molar-refractivity contribution < 1.29 is 19.4 Å². The molecule has 3 atom stereocenters. The summed E-state index contributed by atoms with van der Waals surface area (Å²) in [6.07, 6.45) is -1.39.